The average Bonchev–Trinajstić information content (AvgIpc) is 2.30. The molecule has 0 atom stereocenters. The largest absolute Gasteiger partial charge is 0.354 e. The zero-order valence-electron chi connectivity index (χ0n) is 8.73. The van der Waals surface area contributed by atoms with Gasteiger partial charge in [0.05, 0.1) is 0 Å². The van der Waals surface area contributed by atoms with Gasteiger partial charge in [0, 0.05) is 41.3 Å². The van der Waals surface area contributed by atoms with E-state index in [1.165, 1.54) is 0 Å². The van der Waals surface area contributed by atoms with Crippen molar-refractivity contribution in [1.82, 2.24) is 4.98 Å². The minimum atomic E-state index is 0. The Morgan fingerprint density at radius 3 is 1.69 bits per heavy atom. The Morgan fingerprint density at radius 1 is 0.750 bits per heavy atom. The summed E-state index contributed by atoms with van der Waals surface area (Å²) in [7, 11) is 0. The molecule has 3 aromatic rings. The van der Waals surface area contributed by atoms with Crippen LogP contribution < -0.4 is 5.43 Å². The van der Waals surface area contributed by atoms with Gasteiger partial charge in [0.15, 0.2) is 5.43 Å². The van der Waals surface area contributed by atoms with E-state index < -0.39 is 0 Å². The Bertz CT molecular complexity index is 646. The summed E-state index contributed by atoms with van der Waals surface area (Å²) in [5.74, 6) is 0. The van der Waals surface area contributed by atoms with Crippen molar-refractivity contribution in [1.29, 1.82) is 0 Å². The third-order valence-electron chi connectivity index (χ3n) is 2.61. The maximum Gasteiger partial charge on any atom is 0.197 e. The second-order valence-electron chi connectivity index (χ2n) is 3.55. The van der Waals surface area contributed by atoms with Crippen molar-refractivity contribution in [2.45, 2.75) is 0 Å². The zero-order valence-corrected chi connectivity index (χ0v) is 11.7. The van der Waals surface area contributed by atoms with E-state index in [1.54, 1.807) is 0 Å². The molecule has 0 aliphatic heterocycles. The standard InChI is InChI=1S/C13H9NO.Zn/c15-13-9-5-1-3-7-11(9)14-12-8-4-2-6-10(12)13;/h1-8H,(H,14,15);. The molecule has 0 aliphatic rings. The van der Waals surface area contributed by atoms with Gasteiger partial charge in [0.1, 0.15) is 0 Å². The topological polar surface area (TPSA) is 32.9 Å². The molecule has 1 N–H and O–H groups in total. The van der Waals surface area contributed by atoms with E-state index in [1.807, 2.05) is 48.5 Å². The van der Waals surface area contributed by atoms with Crippen LogP contribution >= 0.6 is 0 Å². The Labute approximate surface area is 105 Å². The van der Waals surface area contributed by atoms with Crippen molar-refractivity contribution < 1.29 is 19.5 Å². The molecule has 0 fully saturated rings. The number of hydrogen-bond acceptors (Lipinski definition) is 1. The Morgan fingerprint density at radius 2 is 1.19 bits per heavy atom. The number of fused-ring (bicyclic) bond motifs is 2. The fourth-order valence-corrected chi connectivity index (χ4v) is 1.87. The summed E-state index contributed by atoms with van der Waals surface area (Å²) in [6.45, 7) is 0. The van der Waals surface area contributed by atoms with E-state index in [9.17, 15) is 4.79 Å². The van der Waals surface area contributed by atoms with Gasteiger partial charge >= 0.3 is 0 Å². The van der Waals surface area contributed by atoms with Gasteiger partial charge in [-0.1, -0.05) is 24.3 Å². The van der Waals surface area contributed by atoms with Crippen LogP contribution in [0, 0.1) is 0 Å². The Hall–Kier alpha value is -1.47. The number of aromatic nitrogens is 1. The first-order valence-electron chi connectivity index (χ1n) is 4.86. The van der Waals surface area contributed by atoms with E-state index in [0.29, 0.717) is 0 Å². The molecule has 0 spiro atoms. The number of H-pyrrole nitrogens is 1. The minimum absolute atomic E-state index is 0. The predicted octanol–water partition coefficient (Wildman–Crippen LogP) is 2.68. The molecule has 0 saturated heterocycles. The first-order valence-corrected chi connectivity index (χ1v) is 4.86. The van der Waals surface area contributed by atoms with Crippen LogP contribution in [0.15, 0.2) is 53.3 Å². The quantitative estimate of drug-likeness (QED) is 0.489. The van der Waals surface area contributed by atoms with E-state index >= 15 is 0 Å². The van der Waals surface area contributed by atoms with Gasteiger partial charge in [0.25, 0.3) is 0 Å². The van der Waals surface area contributed by atoms with Crippen molar-refractivity contribution in [3.63, 3.8) is 0 Å². The van der Waals surface area contributed by atoms with Gasteiger partial charge < -0.3 is 4.98 Å². The molecular weight excluding hydrogens is 252 g/mol. The number of pyridine rings is 1. The van der Waals surface area contributed by atoms with Gasteiger partial charge in [-0.05, 0) is 24.3 Å². The van der Waals surface area contributed by atoms with Crippen molar-refractivity contribution in [3.8, 4) is 0 Å². The second kappa shape index (κ2) is 4.19. The molecule has 0 saturated carbocycles. The molecular formula is C13H9NOZn. The third-order valence-corrected chi connectivity index (χ3v) is 2.61. The molecule has 74 valence electrons. The summed E-state index contributed by atoms with van der Waals surface area (Å²) in [4.78, 5) is 15.3. The third kappa shape index (κ3) is 1.58. The van der Waals surface area contributed by atoms with Crippen LogP contribution in [0.1, 0.15) is 0 Å². The maximum absolute atomic E-state index is 12.1. The smallest absolute Gasteiger partial charge is 0.197 e. The van der Waals surface area contributed by atoms with Crippen molar-refractivity contribution in [2.75, 3.05) is 0 Å². The van der Waals surface area contributed by atoms with Crippen LogP contribution in [0.4, 0.5) is 0 Å². The molecule has 3 rings (SSSR count). The summed E-state index contributed by atoms with van der Waals surface area (Å²) in [6, 6.07) is 15.1. The van der Waals surface area contributed by atoms with E-state index in [0.717, 1.165) is 21.8 Å². The summed E-state index contributed by atoms with van der Waals surface area (Å²) in [5.41, 5.74) is 1.88. The number of rotatable bonds is 0. The first-order chi connectivity index (χ1) is 7.36. The molecule has 0 amide bonds. The summed E-state index contributed by atoms with van der Waals surface area (Å²) >= 11 is 0. The molecule has 0 radical (unpaired) electrons. The van der Waals surface area contributed by atoms with Crippen LogP contribution in [0.2, 0.25) is 0 Å². The first kappa shape index (κ1) is 11.0. The van der Waals surface area contributed by atoms with Crippen LogP contribution in [0.3, 0.4) is 0 Å². The number of benzene rings is 2. The van der Waals surface area contributed by atoms with E-state index in [2.05, 4.69) is 4.98 Å². The summed E-state index contributed by atoms with van der Waals surface area (Å²) < 4.78 is 0. The number of nitrogens with one attached hydrogen (secondary N) is 1. The Kier molecular flexibility index (Phi) is 2.89. The van der Waals surface area contributed by atoms with Gasteiger partial charge in [-0.2, -0.15) is 0 Å². The van der Waals surface area contributed by atoms with E-state index in [-0.39, 0.29) is 24.9 Å². The molecule has 2 nitrogen and oxygen atoms in total. The molecule has 2 aromatic carbocycles. The summed E-state index contributed by atoms with van der Waals surface area (Å²) in [5, 5.41) is 1.49. The second-order valence-corrected chi connectivity index (χ2v) is 3.55. The van der Waals surface area contributed by atoms with Crippen molar-refractivity contribution >= 4 is 21.8 Å². The molecule has 1 heterocycles. The Balaban J connectivity index is 0.000000963. The van der Waals surface area contributed by atoms with E-state index in [4.69, 9.17) is 0 Å². The van der Waals surface area contributed by atoms with Gasteiger partial charge in [0.2, 0.25) is 0 Å². The SMILES string of the molecule is O=c1c2ccccc2[nH]c2ccccc12.[Zn]. The fraction of sp³-hybridized carbons (Fsp3) is 0. The van der Waals surface area contributed by atoms with Gasteiger partial charge in [-0.25, -0.2) is 0 Å². The van der Waals surface area contributed by atoms with Crippen molar-refractivity contribution in [3.05, 3.63) is 58.8 Å². The monoisotopic (exact) mass is 259 g/mol. The fourth-order valence-electron chi connectivity index (χ4n) is 1.87. The minimum Gasteiger partial charge on any atom is -0.354 e. The van der Waals surface area contributed by atoms with Crippen LogP contribution in [-0.4, -0.2) is 4.98 Å². The number of hydrogen-bond donors (Lipinski definition) is 1. The number of para-hydroxylation sites is 2. The van der Waals surface area contributed by atoms with Crippen LogP contribution in [-0.2, 0) is 19.5 Å². The molecule has 3 heteroatoms. The predicted molar refractivity (Wildman–Crippen MR) is 62.1 cm³/mol. The van der Waals surface area contributed by atoms with Crippen LogP contribution in [0.25, 0.3) is 21.8 Å². The molecule has 0 bridgehead atoms. The molecule has 1 aromatic heterocycles. The zero-order chi connectivity index (χ0) is 10.3. The van der Waals surface area contributed by atoms with Gasteiger partial charge in [-0.15, -0.1) is 0 Å². The summed E-state index contributed by atoms with van der Waals surface area (Å²) in [6.07, 6.45) is 0. The average molecular weight is 261 g/mol. The normalized spacial score (nSPS) is 10.2. The van der Waals surface area contributed by atoms with Crippen LogP contribution in [0.5, 0.6) is 0 Å². The molecule has 0 unspecified atom stereocenters. The van der Waals surface area contributed by atoms with Gasteiger partial charge in [-0.3, -0.25) is 4.79 Å². The molecule has 16 heavy (non-hydrogen) atoms. The van der Waals surface area contributed by atoms with Crippen molar-refractivity contribution in [2.24, 2.45) is 0 Å². The number of aromatic amines is 1. The maximum atomic E-state index is 12.1. The molecule has 0 aliphatic carbocycles.